The summed E-state index contributed by atoms with van der Waals surface area (Å²) in [7, 11) is 3.30. The zero-order chi connectivity index (χ0) is 23.2. The van der Waals surface area contributed by atoms with Crippen LogP contribution in [0.25, 0.3) is 6.08 Å². The van der Waals surface area contributed by atoms with Crippen molar-refractivity contribution in [3.63, 3.8) is 0 Å². The van der Waals surface area contributed by atoms with Gasteiger partial charge in [0.2, 0.25) is 0 Å². The number of carbonyl (C=O) groups excluding carboxylic acids is 1. The van der Waals surface area contributed by atoms with Gasteiger partial charge in [-0.2, -0.15) is 5.26 Å². The Morgan fingerprint density at radius 1 is 1.06 bits per heavy atom. The van der Waals surface area contributed by atoms with Gasteiger partial charge in [-0.25, -0.2) is 4.99 Å². The number of carbonyl (C=O) groups is 1. The molecule has 0 aromatic heterocycles. The molecule has 7 heteroatoms. The average molecular weight is 456 g/mol. The fraction of sp³-hybridized carbons (Fsp3) is 0.115. The second kappa shape index (κ2) is 10.1. The quantitative estimate of drug-likeness (QED) is 0.467. The Labute approximate surface area is 196 Å². The van der Waals surface area contributed by atoms with Gasteiger partial charge in [-0.15, -0.1) is 0 Å². The molecule has 33 heavy (non-hydrogen) atoms. The number of amides is 1. The summed E-state index contributed by atoms with van der Waals surface area (Å²) in [6, 6.07) is 24.4. The molecule has 0 aliphatic carbocycles. The molecule has 0 bridgehead atoms. The van der Waals surface area contributed by atoms with Gasteiger partial charge in [-0.1, -0.05) is 42.5 Å². The molecule has 0 unspecified atom stereocenters. The van der Waals surface area contributed by atoms with Crippen molar-refractivity contribution in [2.75, 3.05) is 14.2 Å². The largest absolute Gasteiger partial charge is 0.494 e. The smallest absolute Gasteiger partial charge is 0.266 e. The highest BCUT2D eigenvalue weighted by atomic mass is 32.2. The van der Waals surface area contributed by atoms with Crippen LogP contribution in [-0.2, 0) is 11.4 Å². The van der Waals surface area contributed by atoms with Gasteiger partial charge in [0.25, 0.3) is 5.91 Å². The first-order chi connectivity index (χ1) is 16.1. The molecule has 3 aromatic carbocycles. The standard InChI is InChI=1S/C26H21N3O3S/c1-29-25(30)24(33-26(29)28-22-9-5-6-10-23(22)31-2)15-18-11-13-21(14-12-18)32-17-20-8-4-3-7-19(20)16-27/h3-15H,17H2,1-2H3/b24-15-,28-26?. The Bertz CT molecular complexity index is 1280. The maximum absolute atomic E-state index is 12.7. The van der Waals surface area contributed by atoms with Crippen LogP contribution in [0.5, 0.6) is 11.5 Å². The topological polar surface area (TPSA) is 74.9 Å². The molecule has 3 aromatic rings. The van der Waals surface area contributed by atoms with Gasteiger partial charge in [0.05, 0.1) is 23.6 Å². The minimum atomic E-state index is -0.109. The summed E-state index contributed by atoms with van der Waals surface area (Å²) in [4.78, 5) is 19.5. The van der Waals surface area contributed by atoms with E-state index in [2.05, 4.69) is 11.1 Å². The summed E-state index contributed by atoms with van der Waals surface area (Å²) in [5.41, 5.74) is 2.99. The lowest BCUT2D eigenvalue weighted by atomic mass is 10.1. The van der Waals surface area contributed by atoms with Gasteiger partial charge >= 0.3 is 0 Å². The minimum Gasteiger partial charge on any atom is -0.494 e. The lowest BCUT2D eigenvalue weighted by molar-refractivity contribution is -0.121. The maximum atomic E-state index is 12.7. The Morgan fingerprint density at radius 3 is 2.55 bits per heavy atom. The Kier molecular flexibility index (Phi) is 6.77. The van der Waals surface area contributed by atoms with E-state index in [-0.39, 0.29) is 5.91 Å². The molecule has 0 radical (unpaired) electrons. The van der Waals surface area contributed by atoms with Crippen molar-refractivity contribution in [2.24, 2.45) is 4.99 Å². The van der Waals surface area contributed by atoms with Crippen molar-refractivity contribution in [3.05, 3.63) is 94.4 Å². The van der Waals surface area contributed by atoms with Gasteiger partial charge < -0.3 is 9.47 Å². The number of likely N-dealkylation sites (N-methyl/N-ethyl adjacent to an activating group) is 1. The molecule has 1 saturated heterocycles. The number of para-hydroxylation sites is 2. The van der Waals surface area contributed by atoms with Crippen LogP contribution in [0.15, 0.2) is 82.7 Å². The zero-order valence-corrected chi connectivity index (χ0v) is 19.0. The first kappa shape index (κ1) is 22.2. The van der Waals surface area contributed by atoms with E-state index >= 15 is 0 Å². The van der Waals surface area contributed by atoms with Crippen LogP contribution >= 0.6 is 11.8 Å². The Hall–Kier alpha value is -4.02. The number of nitriles is 1. The fourth-order valence-electron chi connectivity index (χ4n) is 3.20. The van der Waals surface area contributed by atoms with E-state index < -0.39 is 0 Å². The highest BCUT2D eigenvalue weighted by molar-refractivity contribution is 8.18. The van der Waals surface area contributed by atoms with Crippen LogP contribution in [0.3, 0.4) is 0 Å². The molecule has 0 saturated carbocycles. The van der Waals surface area contributed by atoms with Crippen molar-refractivity contribution in [1.29, 1.82) is 5.26 Å². The van der Waals surface area contributed by atoms with Gasteiger partial charge in [0, 0.05) is 12.6 Å². The predicted molar refractivity (Wildman–Crippen MR) is 130 cm³/mol. The summed E-state index contributed by atoms with van der Waals surface area (Å²) in [5.74, 6) is 1.23. The normalized spacial score (nSPS) is 15.7. The van der Waals surface area contributed by atoms with Crippen molar-refractivity contribution in [1.82, 2.24) is 4.90 Å². The van der Waals surface area contributed by atoms with Crippen LogP contribution in [0, 0.1) is 11.3 Å². The molecule has 1 heterocycles. The van der Waals surface area contributed by atoms with Crippen LogP contribution in [0.4, 0.5) is 5.69 Å². The van der Waals surface area contributed by atoms with Gasteiger partial charge in [-0.3, -0.25) is 9.69 Å². The molecule has 4 rings (SSSR count). The number of hydrogen-bond donors (Lipinski definition) is 0. The molecule has 1 fully saturated rings. The third kappa shape index (κ3) is 5.08. The van der Waals surface area contributed by atoms with Crippen LogP contribution in [-0.4, -0.2) is 30.1 Å². The molecule has 0 spiro atoms. The van der Waals surface area contributed by atoms with Gasteiger partial charge in [0.15, 0.2) is 5.17 Å². The average Bonchev–Trinajstić information content (AvgIpc) is 3.11. The molecule has 6 nitrogen and oxygen atoms in total. The fourth-order valence-corrected chi connectivity index (χ4v) is 4.18. The molecule has 1 aliphatic heterocycles. The number of benzene rings is 3. The highest BCUT2D eigenvalue weighted by Gasteiger charge is 2.30. The van der Waals surface area contributed by atoms with Crippen LogP contribution < -0.4 is 9.47 Å². The molecular weight excluding hydrogens is 434 g/mol. The predicted octanol–water partition coefficient (Wildman–Crippen LogP) is 5.38. The summed E-state index contributed by atoms with van der Waals surface area (Å²) in [6.45, 7) is 0.312. The second-order valence-electron chi connectivity index (χ2n) is 7.17. The van der Waals surface area contributed by atoms with Crippen molar-refractivity contribution in [2.45, 2.75) is 6.61 Å². The third-order valence-electron chi connectivity index (χ3n) is 5.01. The molecule has 1 amide bonds. The van der Waals surface area contributed by atoms with E-state index in [9.17, 15) is 10.1 Å². The SMILES string of the molecule is COc1ccccc1N=C1S/C(=C\c2ccc(OCc3ccccc3C#N)cc2)C(=O)N1C. The third-order valence-corrected chi connectivity index (χ3v) is 6.07. The lowest BCUT2D eigenvalue weighted by Crippen LogP contribution is -2.23. The number of amidine groups is 1. The molecule has 0 atom stereocenters. The number of thioether (sulfide) groups is 1. The summed E-state index contributed by atoms with van der Waals surface area (Å²) in [6.07, 6.45) is 1.84. The van der Waals surface area contributed by atoms with Crippen molar-refractivity contribution in [3.8, 4) is 17.6 Å². The number of methoxy groups -OCH3 is 1. The molecular formula is C26H21N3O3S. The van der Waals surface area contributed by atoms with E-state index in [0.717, 1.165) is 11.1 Å². The highest BCUT2D eigenvalue weighted by Crippen LogP contribution is 2.35. The number of hydrogen-bond acceptors (Lipinski definition) is 6. The van der Waals surface area contributed by atoms with E-state index in [4.69, 9.17) is 9.47 Å². The summed E-state index contributed by atoms with van der Waals surface area (Å²) in [5, 5.41) is 9.79. The van der Waals surface area contributed by atoms with E-state index in [1.165, 1.54) is 16.7 Å². The Morgan fingerprint density at radius 2 is 1.79 bits per heavy atom. The number of aliphatic imine (C=N–C) groups is 1. The van der Waals surface area contributed by atoms with Crippen LogP contribution in [0.1, 0.15) is 16.7 Å². The van der Waals surface area contributed by atoms with Crippen LogP contribution in [0.2, 0.25) is 0 Å². The maximum Gasteiger partial charge on any atom is 0.266 e. The first-order valence-corrected chi connectivity index (χ1v) is 11.0. The van der Waals surface area contributed by atoms with E-state index in [0.29, 0.717) is 39.4 Å². The molecule has 0 N–H and O–H groups in total. The number of nitrogens with zero attached hydrogens (tertiary/aromatic N) is 3. The second-order valence-corrected chi connectivity index (χ2v) is 8.18. The summed E-state index contributed by atoms with van der Waals surface area (Å²) >= 11 is 1.32. The van der Waals surface area contributed by atoms with Gasteiger partial charge in [-0.05, 0) is 53.7 Å². The minimum absolute atomic E-state index is 0.109. The van der Waals surface area contributed by atoms with Crippen molar-refractivity contribution < 1.29 is 14.3 Å². The van der Waals surface area contributed by atoms with Gasteiger partial charge in [0.1, 0.15) is 23.8 Å². The van der Waals surface area contributed by atoms with Crippen molar-refractivity contribution >= 4 is 34.6 Å². The Balaban J connectivity index is 1.47. The summed E-state index contributed by atoms with van der Waals surface area (Å²) < 4.78 is 11.2. The molecule has 164 valence electrons. The number of rotatable bonds is 6. The lowest BCUT2D eigenvalue weighted by Gasteiger charge is -2.09. The van der Waals surface area contributed by atoms with E-state index in [1.807, 2.05) is 72.8 Å². The van der Waals surface area contributed by atoms with E-state index in [1.54, 1.807) is 20.2 Å². The number of ether oxygens (including phenoxy) is 2. The zero-order valence-electron chi connectivity index (χ0n) is 18.2. The first-order valence-electron chi connectivity index (χ1n) is 10.2. The molecule has 1 aliphatic rings. The monoisotopic (exact) mass is 455 g/mol.